The second-order valence-corrected chi connectivity index (χ2v) is 9.60. The lowest BCUT2D eigenvalue weighted by molar-refractivity contribution is 0.191. The van der Waals surface area contributed by atoms with Gasteiger partial charge in [0.1, 0.15) is 5.75 Å². The van der Waals surface area contributed by atoms with Crippen molar-refractivity contribution in [3.63, 3.8) is 0 Å². The summed E-state index contributed by atoms with van der Waals surface area (Å²) in [7, 11) is 0. The van der Waals surface area contributed by atoms with Gasteiger partial charge >= 0.3 is 0 Å². The Bertz CT molecular complexity index is 702. The zero-order chi connectivity index (χ0) is 20.7. The van der Waals surface area contributed by atoms with E-state index in [9.17, 15) is 4.39 Å². The Morgan fingerprint density at radius 3 is 1.70 bits per heavy atom. The van der Waals surface area contributed by atoms with Gasteiger partial charge in [0.2, 0.25) is 0 Å². The van der Waals surface area contributed by atoms with E-state index in [-0.39, 0.29) is 16.6 Å². The number of ether oxygens (including phenoxy) is 2. The molecule has 150 valence electrons. The Balaban J connectivity index is 0.000000271. The van der Waals surface area contributed by atoms with Crippen LogP contribution < -0.4 is 9.47 Å². The average Bonchev–Trinajstić information content (AvgIpc) is 2.52. The molecule has 27 heavy (non-hydrogen) atoms. The van der Waals surface area contributed by atoms with Crippen molar-refractivity contribution in [2.75, 3.05) is 13.2 Å². The van der Waals surface area contributed by atoms with Crippen molar-refractivity contribution in [3.05, 3.63) is 58.3 Å². The van der Waals surface area contributed by atoms with Crippen LogP contribution in [0.3, 0.4) is 0 Å². The highest BCUT2D eigenvalue weighted by Gasteiger charge is 2.13. The summed E-state index contributed by atoms with van der Waals surface area (Å²) >= 11 is 11.4. The van der Waals surface area contributed by atoms with E-state index in [0.29, 0.717) is 18.2 Å². The van der Waals surface area contributed by atoms with Crippen LogP contribution in [-0.4, -0.2) is 13.2 Å². The van der Waals surface area contributed by atoms with Crippen molar-refractivity contribution in [3.8, 4) is 11.5 Å². The Labute approximate surface area is 172 Å². The molecule has 0 bridgehead atoms. The largest absolute Gasteiger partial charge is 0.493 e. The summed E-state index contributed by atoms with van der Waals surface area (Å²) in [5.41, 5.74) is 0.214. The standard InChI is InChI=1S/C11H14ClFO.C11H15ClO/c1-11(2,3)7-14-10-5-4-8(12)6-9(10)13;1-11(2,3)8-13-10-6-4-9(12)5-7-10/h4-6H,7H2,1-3H3;4-7H,8H2,1-3H3. The van der Waals surface area contributed by atoms with E-state index in [1.807, 2.05) is 45.0 Å². The SMILES string of the molecule is CC(C)(C)COc1ccc(Cl)cc1.CC(C)(C)COc1ccc(Cl)cc1F. The quantitative estimate of drug-likeness (QED) is 0.510. The molecule has 2 aromatic rings. The maximum atomic E-state index is 13.2. The lowest BCUT2D eigenvalue weighted by Crippen LogP contribution is -2.17. The van der Waals surface area contributed by atoms with E-state index >= 15 is 0 Å². The molecule has 0 aliphatic rings. The molecule has 0 fully saturated rings. The van der Waals surface area contributed by atoms with Crippen molar-refractivity contribution in [2.24, 2.45) is 10.8 Å². The summed E-state index contributed by atoms with van der Waals surface area (Å²) in [5, 5.41) is 1.12. The molecule has 0 amide bonds. The topological polar surface area (TPSA) is 18.5 Å². The van der Waals surface area contributed by atoms with Crippen LogP contribution in [0.1, 0.15) is 41.5 Å². The third-order valence-electron chi connectivity index (χ3n) is 3.04. The fraction of sp³-hybridized carbons (Fsp3) is 0.455. The van der Waals surface area contributed by atoms with E-state index in [1.54, 1.807) is 12.1 Å². The predicted molar refractivity (Wildman–Crippen MR) is 113 cm³/mol. The van der Waals surface area contributed by atoms with Gasteiger partial charge in [-0.2, -0.15) is 0 Å². The van der Waals surface area contributed by atoms with Crippen molar-refractivity contribution < 1.29 is 13.9 Å². The minimum atomic E-state index is -0.415. The van der Waals surface area contributed by atoms with Crippen molar-refractivity contribution >= 4 is 23.2 Å². The summed E-state index contributed by atoms with van der Waals surface area (Å²) in [5.74, 6) is 0.713. The van der Waals surface area contributed by atoms with Crippen molar-refractivity contribution in [2.45, 2.75) is 41.5 Å². The van der Waals surface area contributed by atoms with Gasteiger partial charge in [-0.25, -0.2) is 4.39 Å². The molecule has 0 unspecified atom stereocenters. The molecule has 0 saturated carbocycles. The van der Waals surface area contributed by atoms with Gasteiger partial charge in [0.25, 0.3) is 0 Å². The molecular formula is C22H29Cl2FO2. The molecule has 0 atom stereocenters. The minimum Gasteiger partial charge on any atom is -0.493 e. The van der Waals surface area contributed by atoms with Crippen LogP contribution in [0.25, 0.3) is 0 Å². The van der Waals surface area contributed by atoms with E-state index in [0.717, 1.165) is 10.8 Å². The van der Waals surface area contributed by atoms with Crippen molar-refractivity contribution in [1.29, 1.82) is 0 Å². The van der Waals surface area contributed by atoms with E-state index in [1.165, 1.54) is 6.07 Å². The molecule has 0 radical (unpaired) electrons. The van der Waals surface area contributed by atoms with Gasteiger partial charge in [0.05, 0.1) is 13.2 Å². The zero-order valence-corrected chi connectivity index (χ0v) is 18.4. The normalized spacial score (nSPS) is 11.4. The molecule has 0 spiro atoms. The molecule has 2 aromatic carbocycles. The number of hydrogen-bond donors (Lipinski definition) is 0. The first-order valence-corrected chi connectivity index (χ1v) is 9.57. The Hall–Kier alpha value is -1.45. The summed E-state index contributed by atoms with van der Waals surface area (Å²) in [6, 6.07) is 11.8. The lowest BCUT2D eigenvalue weighted by Gasteiger charge is -2.19. The average molecular weight is 415 g/mol. The number of hydrogen-bond acceptors (Lipinski definition) is 2. The van der Waals surface area contributed by atoms with Crippen molar-refractivity contribution in [1.82, 2.24) is 0 Å². The molecule has 0 aliphatic heterocycles. The van der Waals surface area contributed by atoms with Crippen LogP contribution in [0.5, 0.6) is 11.5 Å². The molecule has 0 aromatic heterocycles. The van der Waals surface area contributed by atoms with E-state index in [2.05, 4.69) is 20.8 Å². The van der Waals surface area contributed by atoms with Gasteiger partial charge in [-0.1, -0.05) is 64.7 Å². The Morgan fingerprint density at radius 1 is 0.741 bits per heavy atom. The summed E-state index contributed by atoms with van der Waals surface area (Å²) < 4.78 is 24.1. The second-order valence-electron chi connectivity index (χ2n) is 8.73. The first kappa shape index (κ1) is 23.6. The minimum absolute atomic E-state index is 0.0199. The first-order chi connectivity index (χ1) is 12.4. The number of halogens is 3. The van der Waals surface area contributed by atoms with Crippen LogP contribution in [0.15, 0.2) is 42.5 Å². The zero-order valence-electron chi connectivity index (χ0n) is 16.9. The third-order valence-corrected chi connectivity index (χ3v) is 3.53. The highest BCUT2D eigenvalue weighted by molar-refractivity contribution is 6.30. The predicted octanol–water partition coefficient (Wildman–Crippen LogP) is 7.67. The van der Waals surface area contributed by atoms with Gasteiger partial charge in [-0.15, -0.1) is 0 Å². The Morgan fingerprint density at radius 2 is 1.22 bits per heavy atom. The van der Waals surface area contributed by atoms with E-state index < -0.39 is 5.82 Å². The van der Waals surface area contributed by atoms with Gasteiger partial charge in [-0.3, -0.25) is 0 Å². The van der Waals surface area contributed by atoms with Crippen LogP contribution >= 0.6 is 23.2 Å². The van der Waals surface area contributed by atoms with Gasteiger partial charge in [0.15, 0.2) is 11.6 Å². The molecule has 2 nitrogen and oxygen atoms in total. The molecular weight excluding hydrogens is 386 g/mol. The maximum Gasteiger partial charge on any atom is 0.166 e. The summed E-state index contributed by atoms with van der Waals surface area (Å²) in [6.45, 7) is 13.7. The molecule has 0 N–H and O–H groups in total. The highest BCUT2D eigenvalue weighted by atomic mass is 35.5. The lowest BCUT2D eigenvalue weighted by atomic mass is 9.99. The Kier molecular flexibility index (Phi) is 8.90. The van der Waals surface area contributed by atoms with Crippen LogP contribution in [0.4, 0.5) is 4.39 Å². The van der Waals surface area contributed by atoms with Crippen LogP contribution in [0, 0.1) is 16.6 Å². The molecule has 5 heteroatoms. The first-order valence-electron chi connectivity index (χ1n) is 8.82. The molecule has 0 saturated heterocycles. The second kappa shape index (κ2) is 10.2. The molecule has 0 aliphatic carbocycles. The maximum absolute atomic E-state index is 13.2. The third kappa shape index (κ3) is 11.1. The molecule has 0 heterocycles. The summed E-state index contributed by atoms with van der Waals surface area (Å²) in [6.07, 6.45) is 0. The molecule has 2 rings (SSSR count). The highest BCUT2D eigenvalue weighted by Crippen LogP contribution is 2.23. The fourth-order valence-electron chi connectivity index (χ4n) is 1.72. The smallest absolute Gasteiger partial charge is 0.166 e. The van der Waals surface area contributed by atoms with Crippen LogP contribution in [-0.2, 0) is 0 Å². The van der Waals surface area contributed by atoms with Gasteiger partial charge in [0, 0.05) is 10.0 Å². The monoisotopic (exact) mass is 414 g/mol. The number of benzene rings is 2. The summed E-state index contributed by atoms with van der Waals surface area (Å²) in [4.78, 5) is 0. The van der Waals surface area contributed by atoms with Gasteiger partial charge < -0.3 is 9.47 Å². The fourth-order valence-corrected chi connectivity index (χ4v) is 2.00. The van der Waals surface area contributed by atoms with E-state index in [4.69, 9.17) is 32.7 Å². The number of rotatable bonds is 4. The van der Waals surface area contributed by atoms with Gasteiger partial charge in [-0.05, 0) is 53.3 Å². The van der Waals surface area contributed by atoms with Crippen LogP contribution in [0.2, 0.25) is 10.0 Å².